The molecule has 1 saturated carbocycles. The number of hydrogen-bond donors (Lipinski definition) is 1. The van der Waals surface area contributed by atoms with Gasteiger partial charge in [-0.15, -0.1) is 0 Å². The number of fused-ring (bicyclic) bond motifs is 2. The van der Waals surface area contributed by atoms with Crippen LogP contribution in [0.5, 0.6) is 5.75 Å². The van der Waals surface area contributed by atoms with Gasteiger partial charge in [0.2, 0.25) is 0 Å². The average molecular weight is 527 g/mol. The minimum absolute atomic E-state index is 0.0464. The van der Waals surface area contributed by atoms with Crippen LogP contribution in [0, 0.1) is 18.6 Å². The molecule has 0 unspecified atom stereocenters. The second kappa shape index (κ2) is 8.54. The van der Waals surface area contributed by atoms with Crippen molar-refractivity contribution in [3.8, 4) is 16.9 Å². The van der Waals surface area contributed by atoms with Crippen molar-refractivity contribution in [1.29, 1.82) is 0 Å². The molecule has 3 heterocycles. The molecule has 1 fully saturated rings. The summed E-state index contributed by atoms with van der Waals surface area (Å²) in [5.41, 5.74) is -2.17. The van der Waals surface area contributed by atoms with E-state index in [0.29, 0.717) is 18.8 Å². The van der Waals surface area contributed by atoms with Crippen LogP contribution in [0.1, 0.15) is 52.6 Å². The Kier molecular flexibility index (Phi) is 5.48. The number of hydrogen-bond acceptors (Lipinski definition) is 3. The van der Waals surface area contributed by atoms with E-state index in [2.05, 4.69) is 10.4 Å². The summed E-state index contributed by atoms with van der Waals surface area (Å²) in [5.74, 6) is -1.80. The van der Waals surface area contributed by atoms with Gasteiger partial charge in [-0.3, -0.25) is 4.79 Å². The Morgan fingerprint density at radius 2 is 1.74 bits per heavy atom. The number of carbonyl (C=O) groups is 1. The van der Waals surface area contributed by atoms with Gasteiger partial charge in [-0.1, -0.05) is 24.3 Å². The van der Waals surface area contributed by atoms with Gasteiger partial charge in [0.1, 0.15) is 22.8 Å². The molecule has 10 heteroatoms. The fourth-order valence-corrected chi connectivity index (χ4v) is 5.42. The molecular formula is C28H22F5N3O2. The Morgan fingerprint density at radius 3 is 2.42 bits per heavy atom. The van der Waals surface area contributed by atoms with E-state index in [-0.39, 0.29) is 46.4 Å². The van der Waals surface area contributed by atoms with Crippen LogP contribution in [0.2, 0.25) is 0 Å². The lowest BCUT2D eigenvalue weighted by atomic mass is 9.93. The van der Waals surface area contributed by atoms with Gasteiger partial charge < -0.3 is 10.1 Å². The Hall–Kier alpha value is -3.95. The third-order valence-corrected chi connectivity index (χ3v) is 7.44. The van der Waals surface area contributed by atoms with Gasteiger partial charge in [-0.25, -0.2) is 13.3 Å². The highest BCUT2D eigenvalue weighted by Gasteiger charge is 2.66. The van der Waals surface area contributed by atoms with E-state index < -0.39 is 35.2 Å². The molecule has 4 aromatic rings. The van der Waals surface area contributed by atoms with E-state index in [9.17, 15) is 26.7 Å². The molecular weight excluding hydrogens is 505 g/mol. The van der Waals surface area contributed by atoms with E-state index in [1.807, 2.05) is 0 Å². The van der Waals surface area contributed by atoms with Crippen molar-refractivity contribution >= 4 is 11.4 Å². The number of alkyl halides is 3. The summed E-state index contributed by atoms with van der Waals surface area (Å²) >= 11 is 0. The zero-order valence-electron chi connectivity index (χ0n) is 20.2. The maximum absolute atomic E-state index is 14.7. The molecule has 1 aliphatic heterocycles. The van der Waals surface area contributed by atoms with Crippen molar-refractivity contribution in [3.05, 3.63) is 88.7 Å². The molecule has 196 valence electrons. The van der Waals surface area contributed by atoms with Gasteiger partial charge in [-0.2, -0.15) is 18.3 Å². The van der Waals surface area contributed by atoms with E-state index in [4.69, 9.17) is 4.74 Å². The second-order valence-electron chi connectivity index (χ2n) is 9.73. The van der Waals surface area contributed by atoms with E-state index >= 15 is 0 Å². The fraction of sp³-hybridized carbons (Fsp3) is 0.286. The zero-order chi connectivity index (χ0) is 26.8. The minimum Gasteiger partial charge on any atom is -0.493 e. The molecule has 38 heavy (non-hydrogen) atoms. The van der Waals surface area contributed by atoms with Crippen molar-refractivity contribution in [2.75, 3.05) is 6.61 Å². The van der Waals surface area contributed by atoms with Gasteiger partial charge in [0.25, 0.3) is 5.91 Å². The molecule has 1 aliphatic carbocycles. The highest BCUT2D eigenvalue weighted by Crippen LogP contribution is 2.60. The second-order valence-corrected chi connectivity index (χ2v) is 9.73. The highest BCUT2D eigenvalue weighted by atomic mass is 19.4. The van der Waals surface area contributed by atoms with Crippen molar-refractivity contribution in [1.82, 2.24) is 14.9 Å². The molecule has 5 nitrogen and oxygen atoms in total. The molecule has 1 N–H and O–H groups in total. The summed E-state index contributed by atoms with van der Waals surface area (Å²) in [7, 11) is 0. The number of carbonyl (C=O) groups excluding carboxylic acids is 1. The number of benzene rings is 2. The third-order valence-electron chi connectivity index (χ3n) is 7.44. The van der Waals surface area contributed by atoms with Crippen molar-refractivity contribution in [2.24, 2.45) is 0 Å². The van der Waals surface area contributed by atoms with Crippen LogP contribution in [-0.4, -0.2) is 28.3 Å². The quantitative estimate of drug-likeness (QED) is 0.311. The van der Waals surface area contributed by atoms with Crippen LogP contribution in [-0.2, 0) is 5.41 Å². The first kappa shape index (κ1) is 24.4. The number of aromatic nitrogens is 2. The van der Waals surface area contributed by atoms with Crippen LogP contribution in [0.15, 0.2) is 54.6 Å². The monoisotopic (exact) mass is 527 g/mol. The van der Waals surface area contributed by atoms with Crippen molar-refractivity contribution < 1.29 is 31.5 Å². The largest absolute Gasteiger partial charge is 0.493 e. The Morgan fingerprint density at radius 1 is 1.03 bits per heavy atom. The number of halogens is 5. The maximum Gasteiger partial charge on any atom is 0.399 e. The number of ether oxygens (including phenoxy) is 1. The molecule has 0 spiro atoms. The van der Waals surface area contributed by atoms with E-state index in [0.717, 1.165) is 22.2 Å². The molecule has 1 atom stereocenters. The van der Waals surface area contributed by atoms with Crippen molar-refractivity contribution in [2.45, 2.75) is 43.8 Å². The molecule has 2 aliphatic rings. The first-order valence-electron chi connectivity index (χ1n) is 12.2. The topological polar surface area (TPSA) is 55.6 Å². The first-order valence-corrected chi connectivity index (χ1v) is 12.2. The third kappa shape index (κ3) is 3.65. The Bertz CT molecular complexity index is 1570. The Labute approximate surface area is 214 Å². The number of amides is 1. The SMILES string of the molecule is Cc1nn2c(C3(C(F)(F)F)CC3)c(C(=O)N[C@H]3CCOc4ccccc43)ccc2c1-c1c(F)cccc1F. The van der Waals surface area contributed by atoms with Crippen molar-refractivity contribution in [3.63, 3.8) is 0 Å². The molecule has 2 aromatic carbocycles. The number of aryl methyl sites for hydroxylation is 1. The van der Waals surface area contributed by atoms with E-state index in [1.165, 1.54) is 25.1 Å². The summed E-state index contributed by atoms with van der Waals surface area (Å²) < 4.78 is 79.5. The average Bonchev–Trinajstić information content (AvgIpc) is 3.63. The summed E-state index contributed by atoms with van der Waals surface area (Å²) in [6, 6.07) is 12.7. The van der Waals surface area contributed by atoms with Gasteiger partial charge in [-0.05, 0) is 50.1 Å². The van der Waals surface area contributed by atoms with Gasteiger partial charge in [0, 0.05) is 17.5 Å². The fourth-order valence-electron chi connectivity index (χ4n) is 5.42. The number of para-hydroxylation sites is 1. The predicted molar refractivity (Wildman–Crippen MR) is 129 cm³/mol. The molecule has 6 rings (SSSR count). The zero-order valence-corrected chi connectivity index (χ0v) is 20.2. The lowest BCUT2D eigenvalue weighted by Gasteiger charge is -2.28. The smallest absolute Gasteiger partial charge is 0.399 e. The summed E-state index contributed by atoms with van der Waals surface area (Å²) in [6.07, 6.45) is -4.66. The molecule has 0 bridgehead atoms. The first-order chi connectivity index (χ1) is 18.1. The van der Waals surface area contributed by atoms with E-state index in [1.54, 1.807) is 24.3 Å². The van der Waals surface area contributed by atoms with Crippen LogP contribution >= 0.6 is 0 Å². The Balaban J connectivity index is 1.52. The van der Waals surface area contributed by atoms with Gasteiger partial charge in [0.05, 0.1) is 40.7 Å². The molecule has 0 radical (unpaired) electrons. The lowest BCUT2D eigenvalue weighted by molar-refractivity contribution is -0.162. The van der Waals surface area contributed by atoms with Gasteiger partial charge >= 0.3 is 6.18 Å². The normalized spacial score (nSPS) is 18.1. The standard InChI is InChI=1S/C28H22F5N3O2/c1-15-23(24-18(29)6-4-7-19(24)30)21-10-9-17(25(36(21)35-15)27(12-13-27)28(31,32)33)26(37)34-20-11-14-38-22-8-3-2-5-16(20)22/h2-10,20H,11-14H2,1H3,(H,34,37)/t20-/m0/s1. The molecule has 0 saturated heterocycles. The number of rotatable bonds is 4. The summed E-state index contributed by atoms with van der Waals surface area (Å²) in [5, 5.41) is 7.17. The number of nitrogens with zero attached hydrogens (tertiary/aromatic N) is 2. The summed E-state index contributed by atoms with van der Waals surface area (Å²) in [4.78, 5) is 13.6. The molecule has 2 aromatic heterocycles. The minimum atomic E-state index is -4.66. The van der Waals surface area contributed by atoms with Crippen LogP contribution in [0.25, 0.3) is 16.6 Å². The molecule has 1 amide bonds. The lowest BCUT2D eigenvalue weighted by Crippen LogP contribution is -2.37. The van der Waals surface area contributed by atoms with Crippen LogP contribution in [0.4, 0.5) is 22.0 Å². The highest BCUT2D eigenvalue weighted by molar-refractivity contribution is 5.97. The maximum atomic E-state index is 14.7. The number of pyridine rings is 1. The summed E-state index contributed by atoms with van der Waals surface area (Å²) in [6.45, 7) is 1.82. The van der Waals surface area contributed by atoms with Crippen LogP contribution in [0.3, 0.4) is 0 Å². The number of nitrogens with one attached hydrogen (secondary N) is 1. The van der Waals surface area contributed by atoms with Gasteiger partial charge in [0.15, 0.2) is 0 Å². The van der Waals surface area contributed by atoms with Crippen LogP contribution < -0.4 is 10.1 Å². The predicted octanol–water partition coefficient (Wildman–Crippen LogP) is 6.44.